The van der Waals surface area contributed by atoms with Crippen molar-refractivity contribution in [2.75, 3.05) is 0 Å². The maximum absolute atomic E-state index is 10.9. The molecule has 1 aromatic heterocycles. The first kappa shape index (κ1) is 10.0. The average Bonchev–Trinajstić information content (AvgIpc) is 2.60. The van der Waals surface area contributed by atoms with Crippen molar-refractivity contribution in [1.29, 1.82) is 0 Å². The van der Waals surface area contributed by atoms with Crippen LogP contribution in [0.15, 0.2) is 30.5 Å². The molecule has 0 amide bonds. The summed E-state index contributed by atoms with van der Waals surface area (Å²) in [4.78, 5) is 10.9. The first-order chi connectivity index (χ1) is 7.59. The standard InChI is InChI=1S/C10H8N2O4/c13-7-3-1-2-6(4-7)12-9(10(15)16)8(14)5-11-12/h1-5,13-14H,(H,15,16). The molecule has 0 aliphatic heterocycles. The quantitative estimate of drug-likeness (QED) is 0.701. The third kappa shape index (κ3) is 1.56. The first-order valence-electron chi connectivity index (χ1n) is 4.39. The van der Waals surface area contributed by atoms with Crippen LogP contribution in [0, 0.1) is 0 Å². The lowest BCUT2D eigenvalue weighted by Crippen LogP contribution is -2.07. The van der Waals surface area contributed by atoms with E-state index in [9.17, 15) is 15.0 Å². The summed E-state index contributed by atoms with van der Waals surface area (Å²) in [6.45, 7) is 0. The van der Waals surface area contributed by atoms with Gasteiger partial charge in [0.25, 0.3) is 0 Å². The van der Waals surface area contributed by atoms with Crippen LogP contribution in [0.25, 0.3) is 5.69 Å². The first-order valence-corrected chi connectivity index (χ1v) is 4.39. The van der Waals surface area contributed by atoms with E-state index in [4.69, 9.17) is 5.11 Å². The number of aromatic nitrogens is 2. The Labute approximate surface area is 90.0 Å². The Hall–Kier alpha value is -2.50. The summed E-state index contributed by atoms with van der Waals surface area (Å²) in [7, 11) is 0. The topological polar surface area (TPSA) is 95.6 Å². The van der Waals surface area contributed by atoms with Gasteiger partial charge in [0.1, 0.15) is 5.75 Å². The Morgan fingerprint density at radius 2 is 2.06 bits per heavy atom. The average molecular weight is 220 g/mol. The van der Waals surface area contributed by atoms with Crippen LogP contribution >= 0.6 is 0 Å². The minimum absolute atomic E-state index is 0.0103. The molecular formula is C10H8N2O4. The molecule has 0 saturated heterocycles. The van der Waals surface area contributed by atoms with Crippen molar-refractivity contribution >= 4 is 5.97 Å². The molecule has 6 nitrogen and oxygen atoms in total. The van der Waals surface area contributed by atoms with Crippen LogP contribution in [0.5, 0.6) is 11.5 Å². The van der Waals surface area contributed by atoms with Gasteiger partial charge in [0.15, 0.2) is 11.4 Å². The molecule has 3 N–H and O–H groups in total. The van der Waals surface area contributed by atoms with Crippen molar-refractivity contribution in [3.8, 4) is 17.2 Å². The van der Waals surface area contributed by atoms with Crippen molar-refractivity contribution in [1.82, 2.24) is 9.78 Å². The second-order valence-electron chi connectivity index (χ2n) is 3.12. The van der Waals surface area contributed by atoms with E-state index >= 15 is 0 Å². The summed E-state index contributed by atoms with van der Waals surface area (Å²) in [5.74, 6) is -1.72. The Kier molecular flexibility index (Phi) is 2.24. The smallest absolute Gasteiger partial charge is 0.358 e. The van der Waals surface area contributed by atoms with Gasteiger partial charge in [0.2, 0.25) is 0 Å². The SMILES string of the molecule is O=C(O)c1c(O)cnn1-c1cccc(O)c1. The fourth-order valence-electron chi connectivity index (χ4n) is 1.36. The number of benzene rings is 1. The van der Waals surface area contributed by atoms with E-state index in [1.54, 1.807) is 12.1 Å². The summed E-state index contributed by atoms with van der Waals surface area (Å²) in [6.07, 6.45) is 1.04. The fraction of sp³-hybridized carbons (Fsp3) is 0. The van der Waals surface area contributed by atoms with E-state index in [-0.39, 0.29) is 11.4 Å². The molecule has 2 rings (SSSR count). The molecule has 0 bridgehead atoms. The summed E-state index contributed by atoms with van der Waals surface area (Å²) in [5, 5.41) is 31.2. The molecular weight excluding hydrogens is 212 g/mol. The zero-order valence-corrected chi connectivity index (χ0v) is 8.03. The number of carbonyl (C=O) groups is 1. The molecule has 0 atom stereocenters. The number of rotatable bonds is 2. The molecule has 1 aromatic carbocycles. The zero-order chi connectivity index (χ0) is 11.7. The number of phenols is 1. The van der Waals surface area contributed by atoms with E-state index in [0.717, 1.165) is 10.9 Å². The minimum Gasteiger partial charge on any atom is -0.508 e. The molecule has 0 spiro atoms. The van der Waals surface area contributed by atoms with Crippen LogP contribution in [0.2, 0.25) is 0 Å². The maximum Gasteiger partial charge on any atom is 0.358 e. The maximum atomic E-state index is 10.9. The van der Waals surface area contributed by atoms with Gasteiger partial charge in [-0.1, -0.05) is 6.07 Å². The van der Waals surface area contributed by atoms with Crippen LogP contribution in [0.4, 0.5) is 0 Å². The molecule has 0 aliphatic carbocycles. The van der Waals surface area contributed by atoms with Gasteiger partial charge < -0.3 is 15.3 Å². The molecule has 82 valence electrons. The monoisotopic (exact) mass is 220 g/mol. The highest BCUT2D eigenvalue weighted by Crippen LogP contribution is 2.22. The summed E-state index contributed by atoms with van der Waals surface area (Å²) in [6, 6.07) is 5.92. The van der Waals surface area contributed by atoms with Gasteiger partial charge in [-0.05, 0) is 12.1 Å². The largest absolute Gasteiger partial charge is 0.508 e. The predicted molar refractivity (Wildman–Crippen MR) is 53.9 cm³/mol. The normalized spacial score (nSPS) is 10.2. The van der Waals surface area contributed by atoms with Gasteiger partial charge in [-0.2, -0.15) is 5.10 Å². The summed E-state index contributed by atoms with van der Waals surface area (Å²) >= 11 is 0. The van der Waals surface area contributed by atoms with E-state index in [2.05, 4.69) is 5.10 Å². The number of aromatic carboxylic acids is 1. The Bertz CT molecular complexity index is 548. The summed E-state index contributed by atoms with van der Waals surface area (Å²) in [5.41, 5.74) is 0.0169. The lowest BCUT2D eigenvalue weighted by molar-refractivity contribution is 0.0683. The summed E-state index contributed by atoms with van der Waals surface area (Å²) < 4.78 is 1.04. The molecule has 6 heteroatoms. The van der Waals surface area contributed by atoms with Crippen molar-refractivity contribution in [3.05, 3.63) is 36.2 Å². The van der Waals surface area contributed by atoms with Gasteiger partial charge in [-0.3, -0.25) is 0 Å². The fourth-order valence-corrected chi connectivity index (χ4v) is 1.36. The van der Waals surface area contributed by atoms with Crippen molar-refractivity contribution in [2.45, 2.75) is 0 Å². The van der Waals surface area contributed by atoms with Gasteiger partial charge in [-0.15, -0.1) is 0 Å². The Morgan fingerprint density at radius 3 is 2.69 bits per heavy atom. The molecule has 16 heavy (non-hydrogen) atoms. The lowest BCUT2D eigenvalue weighted by atomic mass is 10.3. The number of carboxylic acid groups (broad SMARTS) is 1. The van der Waals surface area contributed by atoms with Gasteiger partial charge in [0, 0.05) is 6.07 Å². The van der Waals surface area contributed by atoms with E-state index < -0.39 is 11.7 Å². The van der Waals surface area contributed by atoms with Gasteiger partial charge in [0.05, 0.1) is 11.9 Å². The van der Waals surface area contributed by atoms with Crippen LogP contribution in [-0.4, -0.2) is 31.1 Å². The van der Waals surface area contributed by atoms with Crippen LogP contribution in [0.3, 0.4) is 0 Å². The Balaban J connectivity index is 2.60. The lowest BCUT2D eigenvalue weighted by Gasteiger charge is -2.04. The third-order valence-corrected chi connectivity index (χ3v) is 2.03. The zero-order valence-electron chi connectivity index (χ0n) is 8.03. The predicted octanol–water partition coefficient (Wildman–Crippen LogP) is 0.982. The molecule has 0 aliphatic rings. The van der Waals surface area contributed by atoms with E-state index in [1.807, 2.05) is 0 Å². The molecule has 0 radical (unpaired) electrons. The second kappa shape index (κ2) is 3.58. The molecule has 0 unspecified atom stereocenters. The highest BCUT2D eigenvalue weighted by atomic mass is 16.4. The molecule has 0 saturated carbocycles. The number of carboxylic acids is 1. The molecule has 2 aromatic rings. The number of phenolic OH excluding ortho intramolecular Hbond substituents is 1. The van der Waals surface area contributed by atoms with E-state index in [0.29, 0.717) is 5.69 Å². The van der Waals surface area contributed by atoms with E-state index in [1.165, 1.54) is 12.1 Å². The van der Waals surface area contributed by atoms with Gasteiger partial charge >= 0.3 is 5.97 Å². The number of hydrogen-bond acceptors (Lipinski definition) is 4. The molecule has 1 heterocycles. The highest BCUT2D eigenvalue weighted by Gasteiger charge is 2.18. The number of hydrogen-bond donors (Lipinski definition) is 3. The van der Waals surface area contributed by atoms with Gasteiger partial charge in [-0.25, -0.2) is 9.48 Å². The van der Waals surface area contributed by atoms with Crippen molar-refractivity contribution in [2.24, 2.45) is 0 Å². The third-order valence-electron chi connectivity index (χ3n) is 2.03. The molecule has 0 fully saturated rings. The second-order valence-corrected chi connectivity index (χ2v) is 3.12. The number of aromatic hydroxyl groups is 2. The van der Waals surface area contributed by atoms with Crippen LogP contribution in [0.1, 0.15) is 10.5 Å². The van der Waals surface area contributed by atoms with Crippen molar-refractivity contribution < 1.29 is 20.1 Å². The number of nitrogens with zero attached hydrogens (tertiary/aromatic N) is 2. The Morgan fingerprint density at radius 1 is 1.31 bits per heavy atom. The van der Waals surface area contributed by atoms with Crippen LogP contribution in [-0.2, 0) is 0 Å². The van der Waals surface area contributed by atoms with Crippen LogP contribution < -0.4 is 0 Å². The van der Waals surface area contributed by atoms with Crippen molar-refractivity contribution in [3.63, 3.8) is 0 Å². The minimum atomic E-state index is -1.29. The highest BCUT2D eigenvalue weighted by molar-refractivity contribution is 5.89.